The van der Waals surface area contributed by atoms with E-state index < -0.39 is 26.5 Å². The van der Waals surface area contributed by atoms with E-state index in [1.54, 1.807) is 0 Å². The lowest BCUT2D eigenvalue weighted by Gasteiger charge is -2.24. The summed E-state index contributed by atoms with van der Waals surface area (Å²) < 4.78 is 34.4. The smallest absolute Gasteiger partial charge is 0.462 e. The van der Waals surface area contributed by atoms with Gasteiger partial charge in [-0.15, -0.1) is 0 Å². The van der Waals surface area contributed by atoms with Crippen LogP contribution < -0.4 is 0 Å². The molecule has 0 saturated heterocycles. The summed E-state index contributed by atoms with van der Waals surface area (Å²) in [4.78, 5) is 35.5. The normalized spacial score (nSPS) is 13.6. The monoisotopic (exact) mass is 871 g/mol. The largest absolute Gasteiger partial charge is 0.472 e. The molecule has 0 aliphatic heterocycles. The molecule has 0 spiro atoms. The number of carbonyl (C=O) groups excluding carboxylic acids is 2. The van der Waals surface area contributed by atoms with Crippen molar-refractivity contribution in [2.75, 3.05) is 47.5 Å². The van der Waals surface area contributed by atoms with Gasteiger partial charge in [-0.1, -0.05) is 205 Å². The molecule has 0 aromatic carbocycles. The van der Waals surface area contributed by atoms with Crippen molar-refractivity contribution in [3.05, 3.63) is 24.3 Å². The van der Waals surface area contributed by atoms with Crippen molar-refractivity contribution in [2.24, 2.45) is 0 Å². The van der Waals surface area contributed by atoms with E-state index in [-0.39, 0.29) is 25.6 Å². The summed E-state index contributed by atoms with van der Waals surface area (Å²) in [5, 5.41) is 0. The zero-order valence-electron chi connectivity index (χ0n) is 40.0. The van der Waals surface area contributed by atoms with E-state index in [2.05, 4.69) is 38.2 Å². The number of hydrogen-bond donors (Lipinski definition) is 1. The van der Waals surface area contributed by atoms with E-state index in [9.17, 15) is 19.0 Å². The second-order valence-corrected chi connectivity index (χ2v) is 19.7. The summed E-state index contributed by atoms with van der Waals surface area (Å²) in [5.74, 6) is -0.805. The number of carbonyl (C=O) groups is 2. The number of rotatable bonds is 46. The Bertz CT molecular complexity index is 1070. The maximum atomic E-state index is 12.7. The van der Waals surface area contributed by atoms with Gasteiger partial charge >= 0.3 is 19.8 Å². The molecule has 9 nitrogen and oxygen atoms in total. The third-order valence-corrected chi connectivity index (χ3v) is 12.0. The van der Waals surface area contributed by atoms with E-state index >= 15 is 0 Å². The molecule has 1 N–H and O–H groups in total. The molecule has 0 saturated carbocycles. The molecule has 0 amide bonds. The Morgan fingerprint density at radius 2 is 0.883 bits per heavy atom. The van der Waals surface area contributed by atoms with Crippen LogP contribution in [0.2, 0.25) is 0 Å². The summed E-state index contributed by atoms with van der Waals surface area (Å²) in [6.45, 7) is 4.42. The molecule has 0 heterocycles. The number of ether oxygens (including phenoxy) is 2. The molecular weight excluding hydrogens is 774 g/mol. The van der Waals surface area contributed by atoms with Crippen molar-refractivity contribution in [1.82, 2.24) is 0 Å². The first-order valence-corrected chi connectivity index (χ1v) is 26.6. The van der Waals surface area contributed by atoms with Gasteiger partial charge in [0.2, 0.25) is 0 Å². The lowest BCUT2D eigenvalue weighted by molar-refractivity contribution is -0.870. The summed E-state index contributed by atoms with van der Waals surface area (Å²) in [5.41, 5.74) is 0. The number of likely N-dealkylation sites (N-methyl/N-ethyl adjacent to an activating group) is 1. The Labute approximate surface area is 370 Å². The highest BCUT2D eigenvalue weighted by molar-refractivity contribution is 7.47. The number of nitrogens with zero attached hydrogens (tertiary/aromatic N) is 1. The fourth-order valence-corrected chi connectivity index (χ4v) is 7.81. The van der Waals surface area contributed by atoms with Gasteiger partial charge in [0.15, 0.2) is 6.10 Å². The molecule has 0 radical (unpaired) electrons. The minimum Gasteiger partial charge on any atom is -0.462 e. The Hall–Kier alpha value is -1.51. The fourth-order valence-electron chi connectivity index (χ4n) is 7.07. The topological polar surface area (TPSA) is 108 Å². The number of phosphoric acid groups is 1. The molecule has 0 fully saturated rings. The van der Waals surface area contributed by atoms with Crippen molar-refractivity contribution in [3.63, 3.8) is 0 Å². The van der Waals surface area contributed by atoms with Gasteiger partial charge in [0, 0.05) is 12.8 Å². The van der Waals surface area contributed by atoms with Crippen molar-refractivity contribution in [2.45, 2.75) is 238 Å². The van der Waals surface area contributed by atoms with Crippen LogP contribution in [0, 0.1) is 0 Å². The standard InChI is InChI=1S/C50H96NO8P/c1-6-8-10-12-14-16-18-20-22-23-24-25-26-27-29-30-32-34-36-38-40-42-49(52)56-46-48(47-58-60(54,55)57-45-44-51(3,4)5)59-50(53)43-41-39-37-35-33-31-28-21-19-17-15-13-11-9-7-2/h17,19,21,28,48H,6-16,18,20,22-27,29-47H2,1-5H3/p+1/b19-17+,28-21+/t48-/m0/s1. The molecule has 0 aliphatic rings. The van der Waals surface area contributed by atoms with E-state index in [1.807, 2.05) is 21.1 Å². The van der Waals surface area contributed by atoms with Crippen molar-refractivity contribution < 1.29 is 42.1 Å². The minimum absolute atomic E-state index is 0.0305. The maximum Gasteiger partial charge on any atom is 0.472 e. The molecule has 2 atom stereocenters. The van der Waals surface area contributed by atoms with Gasteiger partial charge in [0.1, 0.15) is 19.8 Å². The number of hydrogen-bond acceptors (Lipinski definition) is 7. The van der Waals surface area contributed by atoms with Crippen LogP contribution in [0.4, 0.5) is 0 Å². The minimum atomic E-state index is -4.38. The molecule has 0 rings (SSSR count). The maximum absolute atomic E-state index is 12.7. The van der Waals surface area contributed by atoms with Crippen LogP contribution in [0.15, 0.2) is 24.3 Å². The highest BCUT2D eigenvalue weighted by Crippen LogP contribution is 2.43. The van der Waals surface area contributed by atoms with Gasteiger partial charge in [-0.3, -0.25) is 18.6 Å². The first-order chi connectivity index (χ1) is 29.0. The lowest BCUT2D eigenvalue weighted by atomic mass is 10.0. The molecule has 0 aromatic rings. The number of unbranched alkanes of at least 4 members (excludes halogenated alkanes) is 29. The van der Waals surface area contributed by atoms with Crippen molar-refractivity contribution in [1.29, 1.82) is 0 Å². The average molecular weight is 871 g/mol. The lowest BCUT2D eigenvalue weighted by Crippen LogP contribution is -2.37. The van der Waals surface area contributed by atoms with E-state index in [4.69, 9.17) is 18.5 Å². The van der Waals surface area contributed by atoms with E-state index in [0.29, 0.717) is 23.9 Å². The van der Waals surface area contributed by atoms with Crippen LogP contribution in [-0.2, 0) is 32.7 Å². The van der Waals surface area contributed by atoms with E-state index in [0.717, 1.165) is 57.8 Å². The van der Waals surface area contributed by atoms with Crippen LogP contribution in [0.5, 0.6) is 0 Å². The van der Waals surface area contributed by atoms with Crippen LogP contribution in [0.25, 0.3) is 0 Å². The molecule has 0 aromatic heterocycles. The molecule has 0 aliphatic carbocycles. The van der Waals surface area contributed by atoms with Gasteiger partial charge < -0.3 is 18.9 Å². The third-order valence-electron chi connectivity index (χ3n) is 11.0. The van der Waals surface area contributed by atoms with Crippen LogP contribution >= 0.6 is 7.82 Å². The fraction of sp³-hybridized carbons (Fsp3) is 0.880. The average Bonchev–Trinajstić information content (AvgIpc) is 3.20. The molecular formula is C50H97NO8P+. The number of esters is 2. The Morgan fingerprint density at radius 3 is 1.30 bits per heavy atom. The highest BCUT2D eigenvalue weighted by atomic mass is 31.2. The zero-order chi connectivity index (χ0) is 44.3. The molecule has 354 valence electrons. The van der Waals surface area contributed by atoms with Crippen LogP contribution in [-0.4, -0.2) is 74.9 Å². The summed E-state index contributed by atoms with van der Waals surface area (Å²) in [6, 6.07) is 0. The SMILES string of the molecule is CCCCCC/C=C/C=C/CCCCCCCC(=O)O[C@@H](COC(=O)CCCCCCCCCCCCCCCCCCCCCCC)COP(=O)(O)OCC[N+](C)(C)C. The summed E-state index contributed by atoms with van der Waals surface area (Å²) in [7, 11) is 1.47. The Balaban J connectivity index is 4.23. The molecule has 10 heteroatoms. The van der Waals surface area contributed by atoms with Crippen LogP contribution in [0.3, 0.4) is 0 Å². The van der Waals surface area contributed by atoms with Crippen molar-refractivity contribution >= 4 is 19.8 Å². The van der Waals surface area contributed by atoms with Crippen LogP contribution in [0.1, 0.15) is 232 Å². The molecule has 60 heavy (non-hydrogen) atoms. The number of quaternary nitrogens is 1. The van der Waals surface area contributed by atoms with Gasteiger partial charge in [-0.05, 0) is 38.5 Å². The van der Waals surface area contributed by atoms with Crippen molar-refractivity contribution in [3.8, 4) is 0 Å². The van der Waals surface area contributed by atoms with E-state index in [1.165, 1.54) is 141 Å². The number of phosphoric ester groups is 1. The van der Waals surface area contributed by atoms with Gasteiger partial charge in [-0.25, -0.2) is 4.57 Å². The molecule has 1 unspecified atom stereocenters. The summed E-state index contributed by atoms with van der Waals surface area (Å²) in [6.07, 6.45) is 48.0. The predicted octanol–water partition coefficient (Wildman–Crippen LogP) is 14.7. The number of allylic oxidation sites excluding steroid dienone is 4. The van der Waals surface area contributed by atoms with Gasteiger partial charge in [0.05, 0.1) is 27.7 Å². The first-order valence-electron chi connectivity index (χ1n) is 25.1. The second-order valence-electron chi connectivity index (χ2n) is 18.2. The predicted molar refractivity (Wildman–Crippen MR) is 252 cm³/mol. The highest BCUT2D eigenvalue weighted by Gasteiger charge is 2.27. The Kier molecular flexibility index (Phi) is 41.7. The summed E-state index contributed by atoms with van der Waals surface area (Å²) >= 11 is 0. The second kappa shape index (κ2) is 42.8. The third kappa shape index (κ3) is 46.0. The van der Waals surface area contributed by atoms with Gasteiger partial charge in [-0.2, -0.15) is 0 Å². The first kappa shape index (κ1) is 58.5. The zero-order valence-corrected chi connectivity index (χ0v) is 40.9. The molecule has 0 bridgehead atoms. The quantitative estimate of drug-likeness (QED) is 0.0212. The van der Waals surface area contributed by atoms with Gasteiger partial charge in [0.25, 0.3) is 0 Å². The Morgan fingerprint density at radius 1 is 0.517 bits per heavy atom.